The second kappa shape index (κ2) is 8.70. The van der Waals surface area contributed by atoms with E-state index in [1.165, 1.54) is 18.0 Å². The summed E-state index contributed by atoms with van der Waals surface area (Å²) in [4.78, 5) is 47.8. The predicted octanol–water partition coefficient (Wildman–Crippen LogP) is 0.819. The highest BCUT2D eigenvalue weighted by molar-refractivity contribution is 5.76. The molecule has 1 fully saturated rings. The Bertz CT molecular complexity index is 1120. The van der Waals surface area contributed by atoms with Gasteiger partial charge in [0.15, 0.2) is 5.65 Å². The van der Waals surface area contributed by atoms with Crippen molar-refractivity contribution in [1.29, 1.82) is 0 Å². The number of aromatic amines is 2. The van der Waals surface area contributed by atoms with Crippen molar-refractivity contribution in [2.24, 2.45) is 7.05 Å². The monoisotopic (exact) mass is 414 g/mol. The van der Waals surface area contributed by atoms with Crippen LogP contribution in [0.2, 0.25) is 0 Å². The predicted molar refractivity (Wildman–Crippen MR) is 110 cm³/mol. The molecule has 0 radical (unpaired) electrons. The molecule has 3 N–H and O–H groups in total. The number of furan rings is 1. The molecule has 4 rings (SSSR count). The van der Waals surface area contributed by atoms with Crippen LogP contribution in [0.15, 0.2) is 32.4 Å². The summed E-state index contributed by atoms with van der Waals surface area (Å²) < 4.78 is 6.88. The molecule has 0 aliphatic carbocycles. The highest BCUT2D eigenvalue weighted by Gasteiger charge is 2.25. The molecule has 0 aromatic carbocycles. The van der Waals surface area contributed by atoms with E-state index >= 15 is 0 Å². The molecule has 4 heterocycles. The number of fused-ring (bicyclic) bond motifs is 1. The quantitative estimate of drug-likeness (QED) is 0.525. The number of H-pyrrole nitrogens is 2. The maximum absolute atomic E-state index is 12.5. The number of hydrogen-bond acceptors (Lipinski definition) is 6. The van der Waals surface area contributed by atoms with E-state index in [9.17, 15) is 14.4 Å². The summed E-state index contributed by atoms with van der Waals surface area (Å²) >= 11 is 0. The van der Waals surface area contributed by atoms with Crippen LogP contribution in [0.3, 0.4) is 0 Å². The Morgan fingerprint density at radius 3 is 2.80 bits per heavy atom. The van der Waals surface area contributed by atoms with E-state index in [2.05, 4.69) is 25.2 Å². The summed E-state index contributed by atoms with van der Waals surface area (Å²) in [7, 11) is 1.54. The van der Waals surface area contributed by atoms with Crippen LogP contribution >= 0.6 is 0 Å². The molecule has 1 aliphatic heterocycles. The smallest absolute Gasteiger partial charge is 0.329 e. The number of amides is 1. The Kier molecular flexibility index (Phi) is 5.84. The molecule has 1 unspecified atom stereocenters. The number of carbonyl (C=O) groups excluding carboxylic acids is 1. The number of piperidine rings is 1. The zero-order valence-electron chi connectivity index (χ0n) is 16.9. The van der Waals surface area contributed by atoms with Gasteiger partial charge in [-0.15, -0.1) is 0 Å². The van der Waals surface area contributed by atoms with Crippen LogP contribution in [-0.2, 0) is 18.3 Å². The average molecular weight is 414 g/mol. The zero-order chi connectivity index (χ0) is 21.1. The Balaban J connectivity index is 1.38. The van der Waals surface area contributed by atoms with Gasteiger partial charge in [0.2, 0.25) is 5.91 Å². The Morgan fingerprint density at radius 2 is 2.07 bits per heavy atom. The number of carbonyl (C=O) groups is 1. The van der Waals surface area contributed by atoms with E-state index in [0.29, 0.717) is 18.8 Å². The third kappa shape index (κ3) is 4.23. The molecule has 3 aromatic rings. The van der Waals surface area contributed by atoms with Gasteiger partial charge in [0.1, 0.15) is 17.1 Å². The molecular weight excluding hydrogens is 388 g/mol. The van der Waals surface area contributed by atoms with Crippen LogP contribution in [0.1, 0.15) is 43.3 Å². The molecule has 10 nitrogen and oxygen atoms in total. The lowest BCUT2D eigenvalue weighted by Crippen LogP contribution is -2.40. The van der Waals surface area contributed by atoms with Crippen LogP contribution < -0.4 is 16.6 Å². The molecule has 1 atom stereocenters. The van der Waals surface area contributed by atoms with Crippen molar-refractivity contribution in [3.63, 3.8) is 0 Å². The van der Waals surface area contributed by atoms with Gasteiger partial charge in [-0.05, 0) is 38.1 Å². The normalized spacial score (nSPS) is 16.0. The number of imidazole rings is 1. The SMILES string of the molecule is Cn1c(=O)[nH]c(=O)c2[nH]c(CCC(=O)NCC(c3ccco3)N3CCCCC3)nc21. The lowest BCUT2D eigenvalue weighted by atomic mass is 10.1. The molecule has 0 saturated carbocycles. The van der Waals surface area contributed by atoms with Gasteiger partial charge in [-0.3, -0.25) is 24.0 Å². The molecule has 10 heteroatoms. The van der Waals surface area contributed by atoms with Gasteiger partial charge in [0.25, 0.3) is 5.56 Å². The van der Waals surface area contributed by atoms with Gasteiger partial charge in [-0.25, -0.2) is 9.78 Å². The van der Waals surface area contributed by atoms with E-state index < -0.39 is 11.2 Å². The maximum Gasteiger partial charge on any atom is 0.329 e. The van der Waals surface area contributed by atoms with E-state index in [1.54, 1.807) is 6.26 Å². The second-order valence-corrected chi connectivity index (χ2v) is 7.63. The van der Waals surface area contributed by atoms with Crippen molar-refractivity contribution in [2.75, 3.05) is 19.6 Å². The van der Waals surface area contributed by atoms with E-state index in [-0.39, 0.29) is 29.5 Å². The van der Waals surface area contributed by atoms with Crippen molar-refractivity contribution in [2.45, 2.75) is 38.1 Å². The third-order valence-corrected chi connectivity index (χ3v) is 5.59. The summed E-state index contributed by atoms with van der Waals surface area (Å²) in [6.45, 7) is 2.46. The number of aromatic nitrogens is 4. The Hall–Kier alpha value is -3.14. The van der Waals surface area contributed by atoms with Gasteiger partial charge in [0, 0.05) is 26.4 Å². The fraction of sp³-hybridized carbons (Fsp3) is 0.500. The van der Waals surface area contributed by atoms with Crippen molar-refractivity contribution < 1.29 is 9.21 Å². The fourth-order valence-electron chi connectivity index (χ4n) is 3.92. The molecule has 3 aromatic heterocycles. The summed E-state index contributed by atoms with van der Waals surface area (Å²) in [6, 6.07) is 3.83. The molecular formula is C20H26N6O4. The van der Waals surface area contributed by atoms with Crippen LogP contribution in [0.5, 0.6) is 0 Å². The van der Waals surface area contributed by atoms with E-state index in [0.717, 1.165) is 31.7 Å². The molecule has 1 amide bonds. The molecule has 0 bridgehead atoms. The first kappa shape index (κ1) is 20.1. The second-order valence-electron chi connectivity index (χ2n) is 7.63. The van der Waals surface area contributed by atoms with Crippen molar-refractivity contribution in [1.82, 2.24) is 29.7 Å². The van der Waals surface area contributed by atoms with Crippen LogP contribution in [0.4, 0.5) is 0 Å². The average Bonchev–Trinajstić information content (AvgIpc) is 3.42. The highest BCUT2D eigenvalue weighted by atomic mass is 16.3. The minimum Gasteiger partial charge on any atom is -0.468 e. The molecule has 30 heavy (non-hydrogen) atoms. The molecule has 0 spiro atoms. The summed E-state index contributed by atoms with van der Waals surface area (Å²) in [5.41, 5.74) is -0.526. The number of likely N-dealkylation sites (tertiary alicyclic amines) is 1. The third-order valence-electron chi connectivity index (χ3n) is 5.59. The number of nitrogens with one attached hydrogen (secondary N) is 3. The number of rotatable bonds is 7. The first-order chi connectivity index (χ1) is 14.5. The number of nitrogens with zero attached hydrogens (tertiary/aromatic N) is 3. The fourth-order valence-corrected chi connectivity index (χ4v) is 3.92. The summed E-state index contributed by atoms with van der Waals surface area (Å²) in [6.07, 6.45) is 5.75. The maximum atomic E-state index is 12.5. The van der Waals surface area contributed by atoms with Gasteiger partial charge < -0.3 is 14.7 Å². The van der Waals surface area contributed by atoms with Gasteiger partial charge in [-0.1, -0.05) is 6.42 Å². The molecule has 1 saturated heterocycles. The van der Waals surface area contributed by atoms with Crippen molar-refractivity contribution in [3.8, 4) is 0 Å². The minimum atomic E-state index is -0.523. The summed E-state index contributed by atoms with van der Waals surface area (Å²) in [5, 5.41) is 3.00. The summed E-state index contributed by atoms with van der Waals surface area (Å²) in [5.74, 6) is 1.24. The van der Waals surface area contributed by atoms with Gasteiger partial charge in [0.05, 0.1) is 12.3 Å². The Labute approximate surface area is 172 Å². The van der Waals surface area contributed by atoms with E-state index in [4.69, 9.17) is 4.42 Å². The highest BCUT2D eigenvalue weighted by Crippen LogP contribution is 2.24. The van der Waals surface area contributed by atoms with Crippen LogP contribution in [0.25, 0.3) is 11.2 Å². The zero-order valence-corrected chi connectivity index (χ0v) is 16.9. The lowest BCUT2D eigenvalue weighted by Gasteiger charge is -2.33. The first-order valence-electron chi connectivity index (χ1n) is 10.2. The topological polar surface area (TPSA) is 129 Å². The first-order valence-corrected chi connectivity index (χ1v) is 10.2. The molecule has 160 valence electrons. The minimum absolute atomic E-state index is 0.0172. The van der Waals surface area contributed by atoms with Crippen molar-refractivity contribution >= 4 is 17.1 Å². The van der Waals surface area contributed by atoms with Crippen LogP contribution in [0, 0.1) is 0 Å². The largest absolute Gasteiger partial charge is 0.468 e. The van der Waals surface area contributed by atoms with E-state index in [1.807, 2.05) is 12.1 Å². The van der Waals surface area contributed by atoms with Crippen molar-refractivity contribution in [3.05, 3.63) is 50.8 Å². The lowest BCUT2D eigenvalue weighted by molar-refractivity contribution is -0.121. The van der Waals surface area contributed by atoms with Crippen LogP contribution in [-0.4, -0.2) is 50.0 Å². The van der Waals surface area contributed by atoms with Gasteiger partial charge >= 0.3 is 5.69 Å². The Morgan fingerprint density at radius 1 is 1.27 bits per heavy atom. The molecule has 1 aliphatic rings. The number of aryl methyl sites for hydroxylation is 2. The van der Waals surface area contributed by atoms with Gasteiger partial charge in [-0.2, -0.15) is 0 Å². The number of hydrogen-bond donors (Lipinski definition) is 3. The standard InChI is InChI=1S/C20H26N6O4/c1-25-18-17(19(28)24-20(25)29)22-15(23-18)7-8-16(27)21-12-13(14-6-5-11-30-14)26-9-3-2-4-10-26/h5-6,11,13H,2-4,7-10,12H2,1H3,(H,21,27)(H,22,23)(H,24,28,29).